The molecular formula is C14H21N3O2S. The van der Waals surface area contributed by atoms with E-state index in [0.717, 1.165) is 22.7 Å². The van der Waals surface area contributed by atoms with E-state index in [-0.39, 0.29) is 12.5 Å². The van der Waals surface area contributed by atoms with Gasteiger partial charge in [0.1, 0.15) is 0 Å². The average molecular weight is 295 g/mol. The lowest BCUT2D eigenvalue weighted by Crippen LogP contribution is -2.39. The van der Waals surface area contributed by atoms with Crippen LogP contribution in [0.2, 0.25) is 0 Å². The monoisotopic (exact) mass is 295 g/mol. The first-order valence-electron chi connectivity index (χ1n) is 7.22. The Morgan fingerprint density at radius 3 is 2.65 bits per heavy atom. The molecule has 0 spiro atoms. The van der Waals surface area contributed by atoms with Crippen molar-refractivity contribution < 1.29 is 9.90 Å². The Kier molecular flexibility index (Phi) is 4.03. The highest BCUT2D eigenvalue weighted by molar-refractivity contribution is 7.99. The fourth-order valence-electron chi connectivity index (χ4n) is 2.60. The van der Waals surface area contributed by atoms with Gasteiger partial charge >= 0.3 is 0 Å². The summed E-state index contributed by atoms with van der Waals surface area (Å²) in [6.45, 7) is -0.0261. The maximum absolute atomic E-state index is 12.1. The molecule has 20 heavy (non-hydrogen) atoms. The normalized spacial score (nSPS) is 18.6. The third-order valence-electron chi connectivity index (χ3n) is 4.12. The molecule has 0 radical (unpaired) electrons. The van der Waals surface area contributed by atoms with E-state index in [4.69, 9.17) is 5.11 Å². The first kappa shape index (κ1) is 13.9. The van der Waals surface area contributed by atoms with Crippen molar-refractivity contribution in [3.05, 3.63) is 11.9 Å². The second-order valence-corrected chi connectivity index (χ2v) is 6.75. The van der Waals surface area contributed by atoms with Gasteiger partial charge in [-0.3, -0.25) is 4.79 Å². The SMILES string of the molecule is Cn1c(CO)cnc1SCC(=O)NC(C1CC1)C1CC1. The molecular weight excluding hydrogens is 274 g/mol. The molecule has 5 nitrogen and oxygen atoms in total. The number of amides is 1. The van der Waals surface area contributed by atoms with E-state index in [9.17, 15) is 4.79 Å². The summed E-state index contributed by atoms with van der Waals surface area (Å²) in [4.78, 5) is 16.3. The molecule has 110 valence electrons. The van der Waals surface area contributed by atoms with Gasteiger partial charge in [-0.25, -0.2) is 4.98 Å². The van der Waals surface area contributed by atoms with Gasteiger partial charge in [-0.05, 0) is 37.5 Å². The molecule has 1 heterocycles. The predicted molar refractivity (Wildman–Crippen MR) is 77.2 cm³/mol. The molecule has 2 N–H and O–H groups in total. The van der Waals surface area contributed by atoms with Gasteiger partial charge in [0.05, 0.1) is 24.3 Å². The van der Waals surface area contributed by atoms with Crippen molar-refractivity contribution >= 4 is 17.7 Å². The highest BCUT2D eigenvalue weighted by atomic mass is 32.2. The minimum Gasteiger partial charge on any atom is -0.390 e. The smallest absolute Gasteiger partial charge is 0.230 e. The van der Waals surface area contributed by atoms with E-state index in [1.165, 1.54) is 37.4 Å². The Bertz CT molecular complexity index is 483. The van der Waals surface area contributed by atoms with Crippen LogP contribution in [0.3, 0.4) is 0 Å². The maximum Gasteiger partial charge on any atom is 0.230 e. The summed E-state index contributed by atoms with van der Waals surface area (Å²) >= 11 is 1.43. The summed E-state index contributed by atoms with van der Waals surface area (Å²) in [5.74, 6) is 1.95. The molecule has 0 aliphatic heterocycles. The Balaban J connectivity index is 1.49. The Morgan fingerprint density at radius 2 is 2.15 bits per heavy atom. The third-order valence-corrected chi connectivity index (χ3v) is 5.17. The number of aromatic nitrogens is 2. The van der Waals surface area contributed by atoms with Crippen LogP contribution in [-0.4, -0.2) is 32.4 Å². The second kappa shape index (κ2) is 5.77. The van der Waals surface area contributed by atoms with Crippen LogP contribution >= 0.6 is 11.8 Å². The lowest BCUT2D eigenvalue weighted by molar-refractivity contribution is -0.119. The van der Waals surface area contributed by atoms with E-state index in [0.29, 0.717) is 11.8 Å². The van der Waals surface area contributed by atoms with Crippen molar-refractivity contribution in [2.24, 2.45) is 18.9 Å². The second-order valence-electron chi connectivity index (χ2n) is 5.81. The predicted octanol–water partition coefficient (Wildman–Crippen LogP) is 1.31. The molecule has 1 aromatic heterocycles. The number of carbonyl (C=O) groups excluding carboxylic acids is 1. The van der Waals surface area contributed by atoms with Crippen LogP contribution < -0.4 is 5.32 Å². The van der Waals surface area contributed by atoms with Crippen LogP contribution in [0.15, 0.2) is 11.4 Å². The molecule has 2 aliphatic rings. The molecule has 2 fully saturated rings. The fourth-order valence-corrected chi connectivity index (χ4v) is 3.38. The number of aliphatic hydroxyl groups is 1. The number of nitrogens with one attached hydrogen (secondary N) is 1. The van der Waals surface area contributed by atoms with Gasteiger partial charge in [-0.15, -0.1) is 0 Å². The number of thioether (sulfide) groups is 1. The lowest BCUT2D eigenvalue weighted by Gasteiger charge is -2.17. The van der Waals surface area contributed by atoms with Crippen molar-refractivity contribution in [3.8, 4) is 0 Å². The van der Waals surface area contributed by atoms with Crippen molar-refractivity contribution in [3.63, 3.8) is 0 Å². The molecule has 6 heteroatoms. The van der Waals surface area contributed by atoms with Gasteiger partial charge in [0.25, 0.3) is 0 Å². The maximum atomic E-state index is 12.1. The number of hydrogen-bond acceptors (Lipinski definition) is 4. The van der Waals surface area contributed by atoms with E-state index in [1.807, 2.05) is 11.6 Å². The van der Waals surface area contributed by atoms with E-state index >= 15 is 0 Å². The van der Waals surface area contributed by atoms with Gasteiger partial charge in [0.2, 0.25) is 5.91 Å². The van der Waals surface area contributed by atoms with Crippen molar-refractivity contribution in [1.29, 1.82) is 0 Å². The average Bonchev–Trinajstić information content (AvgIpc) is 3.33. The van der Waals surface area contributed by atoms with Crippen LogP contribution in [0.25, 0.3) is 0 Å². The van der Waals surface area contributed by atoms with Crippen LogP contribution in [0.5, 0.6) is 0 Å². The summed E-state index contributed by atoms with van der Waals surface area (Å²) in [7, 11) is 1.86. The number of rotatable bonds is 7. The van der Waals surface area contributed by atoms with Crippen molar-refractivity contribution in [2.75, 3.05) is 5.75 Å². The number of aliphatic hydroxyl groups excluding tert-OH is 1. The van der Waals surface area contributed by atoms with Gasteiger partial charge in [0, 0.05) is 13.1 Å². The fraction of sp³-hybridized carbons (Fsp3) is 0.714. The van der Waals surface area contributed by atoms with E-state index in [1.54, 1.807) is 6.20 Å². The molecule has 1 aromatic rings. The zero-order chi connectivity index (χ0) is 14.1. The summed E-state index contributed by atoms with van der Waals surface area (Å²) in [5.41, 5.74) is 0.766. The van der Waals surface area contributed by atoms with Gasteiger partial charge in [0.15, 0.2) is 5.16 Å². The molecule has 3 rings (SSSR count). The Morgan fingerprint density at radius 1 is 1.50 bits per heavy atom. The number of imidazole rings is 1. The number of hydrogen-bond donors (Lipinski definition) is 2. The third kappa shape index (κ3) is 3.17. The highest BCUT2D eigenvalue weighted by Gasteiger charge is 2.42. The molecule has 0 atom stereocenters. The summed E-state index contributed by atoms with van der Waals surface area (Å²) in [6.07, 6.45) is 6.74. The minimum absolute atomic E-state index is 0.0261. The van der Waals surface area contributed by atoms with Crippen LogP contribution in [0.4, 0.5) is 0 Å². The first-order chi connectivity index (χ1) is 9.69. The molecule has 2 saturated carbocycles. The zero-order valence-corrected chi connectivity index (χ0v) is 12.5. The molecule has 0 unspecified atom stereocenters. The molecule has 0 aromatic carbocycles. The van der Waals surface area contributed by atoms with Crippen LogP contribution in [0.1, 0.15) is 31.4 Å². The van der Waals surface area contributed by atoms with Crippen molar-refractivity contribution in [1.82, 2.24) is 14.9 Å². The zero-order valence-electron chi connectivity index (χ0n) is 11.7. The Hall–Kier alpha value is -1.01. The summed E-state index contributed by atoms with van der Waals surface area (Å²) in [5, 5.41) is 13.1. The molecule has 2 aliphatic carbocycles. The molecule has 0 saturated heterocycles. The van der Waals surface area contributed by atoms with E-state index in [2.05, 4.69) is 10.3 Å². The lowest BCUT2D eigenvalue weighted by atomic mass is 10.1. The topological polar surface area (TPSA) is 67.1 Å². The number of nitrogens with zero attached hydrogens (tertiary/aromatic N) is 2. The van der Waals surface area contributed by atoms with Crippen LogP contribution in [0, 0.1) is 11.8 Å². The van der Waals surface area contributed by atoms with Gasteiger partial charge < -0.3 is 15.0 Å². The minimum atomic E-state index is -0.0261. The largest absolute Gasteiger partial charge is 0.390 e. The molecule has 0 bridgehead atoms. The van der Waals surface area contributed by atoms with Gasteiger partial charge in [-0.2, -0.15) is 0 Å². The highest BCUT2D eigenvalue weighted by Crippen LogP contribution is 2.44. The quantitative estimate of drug-likeness (QED) is 0.744. The van der Waals surface area contributed by atoms with Crippen molar-refractivity contribution in [2.45, 2.75) is 43.5 Å². The standard InChI is InChI=1S/C14H21N3O2S/c1-17-11(7-18)6-15-14(17)20-8-12(19)16-13(9-2-3-9)10-4-5-10/h6,9-10,13,18H,2-5,7-8H2,1H3,(H,16,19). The summed E-state index contributed by atoms with van der Waals surface area (Å²) < 4.78 is 1.83. The summed E-state index contributed by atoms with van der Waals surface area (Å²) in [6, 6.07) is 0.414. The number of carbonyl (C=O) groups is 1. The Labute approximate surface area is 123 Å². The van der Waals surface area contributed by atoms with E-state index < -0.39 is 0 Å². The van der Waals surface area contributed by atoms with Gasteiger partial charge in [-0.1, -0.05) is 11.8 Å². The van der Waals surface area contributed by atoms with Crippen LogP contribution in [-0.2, 0) is 18.4 Å². The molecule has 1 amide bonds. The first-order valence-corrected chi connectivity index (χ1v) is 8.21.